The number of aliphatic hydroxyl groups is 1. The largest absolute Gasteiger partial charge is 0.389 e. The van der Waals surface area contributed by atoms with Gasteiger partial charge in [0, 0.05) is 24.7 Å². The maximum atomic E-state index is 11.1. The van der Waals surface area contributed by atoms with E-state index in [1.165, 1.54) is 0 Å². The van der Waals surface area contributed by atoms with Crippen molar-refractivity contribution in [2.24, 2.45) is 11.7 Å². The standard InChI is InChI=1S/C14H20N2O2/c1-10(17)11-2-4-13(5-3-11)16-8-6-12(7-9-16)14(15)18/h2-5,10,12,17H,6-9H2,1H3,(H2,15,18). The summed E-state index contributed by atoms with van der Waals surface area (Å²) in [6.07, 6.45) is 1.22. The van der Waals surface area contributed by atoms with E-state index in [9.17, 15) is 9.90 Å². The number of hydrogen-bond donors (Lipinski definition) is 2. The molecule has 4 nitrogen and oxygen atoms in total. The molecule has 4 heteroatoms. The summed E-state index contributed by atoms with van der Waals surface area (Å²) in [5.41, 5.74) is 7.38. The first-order chi connectivity index (χ1) is 8.58. The molecule has 2 rings (SSSR count). The highest BCUT2D eigenvalue weighted by atomic mass is 16.3. The predicted octanol–water partition coefficient (Wildman–Crippen LogP) is 1.44. The maximum absolute atomic E-state index is 11.1. The number of benzene rings is 1. The normalized spacial score (nSPS) is 18.7. The minimum atomic E-state index is -0.431. The van der Waals surface area contributed by atoms with Crippen LogP contribution >= 0.6 is 0 Å². The molecule has 1 fully saturated rings. The number of nitrogens with zero attached hydrogens (tertiary/aromatic N) is 1. The molecule has 0 aliphatic carbocycles. The lowest BCUT2D eigenvalue weighted by Gasteiger charge is -2.32. The van der Waals surface area contributed by atoms with Crippen LogP contribution in [0.5, 0.6) is 0 Å². The summed E-state index contributed by atoms with van der Waals surface area (Å²) < 4.78 is 0. The summed E-state index contributed by atoms with van der Waals surface area (Å²) in [4.78, 5) is 13.3. The topological polar surface area (TPSA) is 66.6 Å². The second-order valence-corrected chi connectivity index (χ2v) is 4.93. The van der Waals surface area contributed by atoms with Gasteiger partial charge in [-0.2, -0.15) is 0 Å². The molecule has 1 saturated heterocycles. The summed E-state index contributed by atoms with van der Waals surface area (Å²) in [7, 11) is 0. The molecule has 18 heavy (non-hydrogen) atoms. The molecule has 0 bridgehead atoms. The smallest absolute Gasteiger partial charge is 0.220 e. The lowest BCUT2D eigenvalue weighted by atomic mass is 9.96. The lowest BCUT2D eigenvalue weighted by Crippen LogP contribution is -2.38. The molecule has 0 spiro atoms. The van der Waals surface area contributed by atoms with Crippen LogP contribution in [0, 0.1) is 5.92 Å². The fourth-order valence-corrected chi connectivity index (χ4v) is 2.39. The first kappa shape index (κ1) is 12.9. The van der Waals surface area contributed by atoms with Gasteiger partial charge in [0.1, 0.15) is 0 Å². The Balaban J connectivity index is 1.99. The number of carbonyl (C=O) groups excluding carboxylic acids is 1. The Morgan fingerprint density at radius 1 is 1.33 bits per heavy atom. The van der Waals surface area contributed by atoms with Crippen molar-refractivity contribution >= 4 is 11.6 Å². The minimum absolute atomic E-state index is 0.0259. The molecule has 1 amide bonds. The van der Waals surface area contributed by atoms with Crippen molar-refractivity contribution in [3.8, 4) is 0 Å². The Morgan fingerprint density at radius 2 is 1.89 bits per heavy atom. The van der Waals surface area contributed by atoms with E-state index < -0.39 is 6.10 Å². The maximum Gasteiger partial charge on any atom is 0.220 e. The molecular weight excluding hydrogens is 228 g/mol. The highest BCUT2D eigenvalue weighted by Gasteiger charge is 2.23. The molecule has 1 heterocycles. The molecule has 1 aliphatic heterocycles. The van der Waals surface area contributed by atoms with Gasteiger partial charge in [-0.15, -0.1) is 0 Å². The second-order valence-electron chi connectivity index (χ2n) is 4.93. The van der Waals surface area contributed by atoms with Crippen molar-refractivity contribution in [1.82, 2.24) is 0 Å². The molecule has 1 atom stereocenters. The monoisotopic (exact) mass is 248 g/mol. The van der Waals surface area contributed by atoms with Crippen LogP contribution in [0.25, 0.3) is 0 Å². The highest BCUT2D eigenvalue weighted by molar-refractivity contribution is 5.77. The second kappa shape index (κ2) is 5.40. The number of aliphatic hydroxyl groups excluding tert-OH is 1. The van der Waals surface area contributed by atoms with Gasteiger partial charge >= 0.3 is 0 Å². The summed E-state index contributed by atoms with van der Waals surface area (Å²) >= 11 is 0. The summed E-state index contributed by atoms with van der Waals surface area (Å²) in [6.45, 7) is 3.48. The number of piperidine rings is 1. The van der Waals surface area contributed by atoms with Gasteiger partial charge in [-0.25, -0.2) is 0 Å². The number of nitrogens with two attached hydrogens (primary N) is 1. The van der Waals surface area contributed by atoms with Gasteiger partial charge in [-0.1, -0.05) is 12.1 Å². The predicted molar refractivity (Wildman–Crippen MR) is 71.2 cm³/mol. The van der Waals surface area contributed by atoms with Crippen molar-refractivity contribution in [3.63, 3.8) is 0 Å². The van der Waals surface area contributed by atoms with Crippen molar-refractivity contribution in [3.05, 3.63) is 29.8 Å². The van der Waals surface area contributed by atoms with E-state index in [2.05, 4.69) is 4.90 Å². The Labute approximate surface area is 107 Å². The first-order valence-electron chi connectivity index (χ1n) is 6.40. The zero-order chi connectivity index (χ0) is 13.1. The molecule has 0 aromatic heterocycles. The first-order valence-corrected chi connectivity index (χ1v) is 6.40. The number of anilines is 1. The Hall–Kier alpha value is -1.55. The van der Waals surface area contributed by atoms with Gasteiger partial charge < -0.3 is 15.7 Å². The minimum Gasteiger partial charge on any atom is -0.389 e. The summed E-state index contributed by atoms with van der Waals surface area (Å²) in [6, 6.07) is 7.93. The number of hydrogen-bond acceptors (Lipinski definition) is 3. The molecule has 1 aromatic carbocycles. The van der Waals surface area contributed by atoms with E-state index in [4.69, 9.17) is 5.73 Å². The molecule has 1 aliphatic rings. The number of amides is 1. The SMILES string of the molecule is CC(O)c1ccc(N2CCC(C(N)=O)CC2)cc1. The molecule has 3 N–H and O–H groups in total. The van der Waals surface area contributed by atoms with Crippen LogP contribution in [0.3, 0.4) is 0 Å². The zero-order valence-electron chi connectivity index (χ0n) is 10.7. The van der Waals surface area contributed by atoms with Gasteiger partial charge in [-0.05, 0) is 37.5 Å². The molecule has 1 unspecified atom stereocenters. The number of carbonyl (C=O) groups is 1. The Morgan fingerprint density at radius 3 is 2.33 bits per heavy atom. The van der Waals surface area contributed by atoms with Crippen LogP contribution in [0.1, 0.15) is 31.4 Å². The molecule has 0 radical (unpaired) electrons. The van der Waals surface area contributed by atoms with Gasteiger partial charge in [0.25, 0.3) is 0 Å². The van der Waals surface area contributed by atoms with Gasteiger partial charge in [0.05, 0.1) is 6.10 Å². The van der Waals surface area contributed by atoms with Crippen LogP contribution in [-0.4, -0.2) is 24.1 Å². The quantitative estimate of drug-likeness (QED) is 0.850. The van der Waals surface area contributed by atoms with Crippen LogP contribution in [0.4, 0.5) is 5.69 Å². The van der Waals surface area contributed by atoms with Crippen LogP contribution in [0.2, 0.25) is 0 Å². The lowest BCUT2D eigenvalue weighted by molar-refractivity contribution is -0.122. The van der Waals surface area contributed by atoms with E-state index in [1.807, 2.05) is 24.3 Å². The fourth-order valence-electron chi connectivity index (χ4n) is 2.39. The van der Waals surface area contributed by atoms with Crippen LogP contribution in [-0.2, 0) is 4.79 Å². The Bertz CT molecular complexity index is 406. The van der Waals surface area contributed by atoms with E-state index in [0.717, 1.165) is 37.2 Å². The average Bonchev–Trinajstić information content (AvgIpc) is 2.39. The average molecular weight is 248 g/mol. The van der Waals surface area contributed by atoms with E-state index in [1.54, 1.807) is 6.92 Å². The van der Waals surface area contributed by atoms with Gasteiger partial charge in [0.15, 0.2) is 0 Å². The van der Waals surface area contributed by atoms with Crippen molar-refractivity contribution in [2.45, 2.75) is 25.9 Å². The molecule has 1 aromatic rings. The van der Waals surface area contributed by atoms with E-state index in [0.29, 0.717) is 0 Å². The van der Waals surface area contributed by atoms with Crippen molar-refractivity contribution < 1.29 is 9.90 Å². The zero-order valence-corrected chi connectivity index (χ0v) is 10.7. The fraction of sp³-hybridized carbons (Fsp3) is 0.500. The summed E-state index contributed by atoms with van der Waals surface area (Å²) in [5, 5.41) is 9.46. The summed E-state index contributed by atoms with van der Waals surface area (Å²) in [5.74, 6) is -0.155. The van der Waals surface area contributed by atoms with Crippen LogP contribution < -0.4 is 10.6 Å². The third-order valence-corrected chi connectivity index (χ3v) is 3.64. The van der Waals surface area contributed by atoms with E-state index in [-0.39, 0.29) is 11.8 Å². The third-order valence-electron chi connectivity index (χ3n) is 3.64. The Kier molecular flexibility index (Phi) is 3.87. The van der Waals surface area contributed by atoms with Crippen LogP contribution in [0.15, 0.2) is 24.3 Å². The van der Waals surface area contributed by atoms with Gasteiger partial charge in [-0.3, -0.25) is 4.79 Å². The molecular formula is C14H20N2O2. The van der Waals surface area contributed by atoms with Gasteiger partial charge in [0.2, 0.25) is 5.91 Å². The van der Waals surface area contributed by atoms with Crippen molar-refractivity contribution in [2.75, 3.05) is 18.0 Å². The number of rotatable bonds is 3. The van der Waals surface area contributed by atoms with Crippen molar-refractivity contribution in [1.29, 1.82) is 0 Å². The van der Waals surface area contributed by atoms with E-state index >= 15 is 0 Å². The third kappa shape index (κ3) is 2.82. The molecule has 0 saturated carbocycles. The molecule has 98 valence electrons. The number of primary amides is 1. The highest BCUT2D eigenvalue weighted by Crippen LogP contribution is 2.24.